The zero-order chi connectivity index (χ0) is 18.8. The summed E-state index contributed by atoms with van der Waals surface area (Å²) in [7, 11) is 1.40. The number of Topliss-reactive ketones (excluding diaryl/α,β-unsaturated/α-hetero) is 1. The van der Waals surface area contributed by atoms with Crippen molar-refractivity contribution in [2.24, 2.45) is 7.05 Å². The van der Waals surface area contributed by atoms with E-state index in [0.717, 1.165) is 23.2 Å². The molecule has 2 aromatic rings. The lowest BCUT2D eigenvalue weighted by molar-refractivity contribution is 0.102. The zero-order valence-electron chi connectivity index (χ0n) is 14.8. The summed E-state index contributed by atoms with van der Waals surface area (Å²) in [6.45, 7) is 1.91. The number of carbonyl (C=O) groups excluding carboxylic acids is 1. The molecule has 2 aromatic heterocycles. The van der Waals surface area contributed by atoms with Crippen LogP contribution in [0.25, 0.3) is 0 Å². The van der Waals surface area contributed by atoms with Crippen molar-refractivity contribution in [2.75, 3.05) is 11.5 Å². The molecule has 0 saturated heterocycles. The maximum atomic E-state index is 12.5. The molecule has 0 aromatic carbocycles. The van der Waals surface area contributed by atoms with Crippen LogP contribution in [0.5, 0.6) is 0 Å². The summed E-state index contributed by atoms with van der Waals surface area (Å²) in [6, 6.07) is 0.349. The van der Waals surface area contributed by atoms with Gasteiger partial charge in [0.2, 0.25) is 0 Å². The molecule has 0 amide bonds. The predicted octanol–water partition coefficient (Wildman–Crippen LogP) is 1.04. The van der Waals surface area contributed by atoms with Crippen molar-refractivity contribution in [1.82, 2.24) is 24.3 Å². The van der Waals surface area contributed by atoms with Crippen molar-refractivity contribution < 1.29 is 4.79 Å². The fraction of sp³-hybridized carbons (Fsp3) is 0.562. The highest BCUT2D eigenvalue weighted by molar-refractivity contribution is 7.99. The Kier molecular flexibility index (Phi) is 5.30. The van der Waals surface area contributed by atoms with Gasteiger partial charge in [-0.25, -0.2) is 4.79 Å². The van der Waals surface area contributed by atoms with Crippen LogP contribution in [0.1, 0.15) is 54.3 Å². The van der Waals surface area contributed by atoms with Crippen LogP contribution >= 0.6 is 11.8 Å². The molecular formula is C16H22N6O3S. The number of carbonyl (C=O) groups is 1. The summed E-state index contributed by atoms with van der Waals surface area (Å²) < 4.78 is 3.14. The van der Waals surface area contributed by atoms with E-state index in [1.807, 2.05) is 6.92 Å². The van der Waals surface area contributed by atoms with Crippen molar-refractivity contribution in [3.05, 3.63) is 32.2 Å². The van der Waals surface area contributed by atoms with Crippen LogP contribution in [0.3, 0.4) is 0 Å². The third kappa shape index (κ3) is 3.46. The van der Waals surface area contributed by atoms with Crippen molar-refractivity contribution in [3.63, 3.8) is 0 Å². The van der Waals surface area contributed by atoms with Crippen LogP contribution in [0.2, 0.25) is 0 Å². The smallest absolute Gasteiger partial charge is 0.329 e. The van der Waals surface area contributed by atoms with E-state index in [4.69, 9.17) is 5.73 Å². The molecular weight excluding hydrogens is 356 g/mol. The van der Waals surface area contributed by atoms with Crippen molar-refractivity contribution >= 4 is 23.4 Å². The number of aromatic amines is 1. The molecule has 9 nitrogen and oxygen atoms in total. The largest absolute Gasteiger partial charge is 0.384 e. The van der Waals surface area contributed by atoms with E-state index in [9.17, 15) is 14.4 Å². The van der Waals surface area contributed by atoms with Gasteiger partial charge in [-0.1, -0.05) is 31.0 Å². The maximum absolute atomic E-state index is 12.5. The Morgan fingerprint density at radius 3 is 2.65 bits per heavy atom. The monoisotopic (exact) mass is 378 g/mol. The van der Waals surface area contributed by atoms with Crippen LogP contribution in [-0.2, 0) is 7.05 Å². The molecule has 1 fully saturated rings. The third-order valence-corrected chi connectivity index (χ3v) is 5.70. The Bertz CT molecular complexity index is 938. The number of nitrogens with one attached hydrogen (secondary N) is 1. The highest BCUT2D eigenvalue weighted by Gasteiger charge is 2.23. The molecule has 0 atom stereocenters. The summed E-state index contributed by atoms with van der Waals surface area (Å²) in [5.74, 6) is 0.247. The molecule has 10 heteroatoms. The number of aromatic nitrogens is 5. The van der Waals surface area contributed by atoms with E-state index < -0.39 is 17.0 Å². The number of ketones is 1. The second-order valence-corrected chi connectivity index (χ2v) is 7.42. The van der Waals surface area contributed by atoms with Gasteiger partial charge >= 0.3 is 5.69 Å². The number of nitrogens with two attached hydrogens (primary N) is 1. The number of aryl methyl sites for hydroxylation is 1. The van der Waals surface area contributed by atoms with E-state index in [0.29, 0.717) is 11.2 Å². The molecule has 0 unspecified atom stereocenters. The second-order valence-electron chi connectivity index (χ2n) is 6.48. The van der Waals surface area contributed by atoms with Gasteiger partial charge in [-0.05, 0) is 19.8 Å². The SMILES string of the molecule is Cc1nnc(SCC(=O)c2c(N)n(C)c(=O)[nH]c2=O)n1C1CCCCC1. The van der Waals surface area contributed by atoms with E-state index >= 15 is 0 Å². The van der Waals surface area contributed by atoms with Gasteiger partial charge in [0.15, 0.2) is 10.9 Å². The molecule has 1 aliphatic carbocycles. The number of rotatable bonds is 5. The molecule has 26 heavy (non-hydrogen) atoms. The van der Waals surface area contributed by atoms with Gasteiger partial charge in [0, 0.05) is 13.1 Å². The zero-order valence-corrected chi connectivity index (χ0v) is 15.6. The van der Waals surface area contributed by atoms with E-state index in [-0.39, 0.29) is 17.1 Å². The molecule has 3 rings (SSSR count). The molecule has 2 heterocycles. The fourth-order valence-corrected chi connectivity index (χ4v) is 4.24. The molecule has 0 bridgehead atoms. The van der Waals surface area contributed by atoms with Crippen LogP contribution in [0.4, 0.5) is 5.82 Å². The second kappa shape index (κ2) is 7.48. The van der Waals surface area contributed by atoms with Crippen LogP contribution < -0.4 is 17.0 Å². The highest BCUT2D eigenvalue weighted by Crippen LogP contribution is 2.32. The predicted molar refractivity (Wildman–Crippen MR) is 98.7 cm³/mol. The third-order valence-electron chi connectivity index (χ3n) is 4.76. The summed E-state index contributed by atoms with van der Waals surface area (Å²) in [6.07, 6.45) is 5.75. The molecule has 0 spiro atoms. The van der Waals surface area contributed by atoms with Gasteiger partial charge in [0.25, 0.3) is 5.56 Å². The molecule has 3 N–H and O–H groups in total. The fourth-order valence-electron chi connectivity index (χ4n) is 3.32. The van der Waals surface area contributed by atoms with Gasteiger partial charge < -0.3 is 10.3 Å². The number of hydrogen-bond acceptors (Lipinski definition) is 7. The number of H-pyrrole nitrogens is 1. The van der Waals surface area contributed by atoms with Crippen LogP contribution in [-0.4, -0.2) is 35.9 Å². The minimum Gasteiger partial charge on any atom is -0.384 e. The lowest BCUT2D eigenvalue weighted by Gasteiger charge is -2.24. The highest BCUT2D eigenvalue weighted by atomic mass is 32.2. The van der Waals surface area contributed by atoms with E-state index in [1.165, 1.54) is 38.1 Å². The molecule has 140 valence electrons. The quantitative estimate of drug-likeness (QED) is 0.587. The molecule has 0 aliphatic heterocycles. The number of anilines is 1. The lowest BCUT2D eigenvalue weighted by atomic mass is 9.95. The van der Waals surface area contributed by atoms with Crippen LogP contribution in [0.15, 0.2) is 14.7 Å². The van der Waals surface area contributed by atoms with Gasteiger partial charge in [0.05, 0.1) is 5.75 Å². The van der Waals surface area contributed by atoms with Crippen molar-refractivity contribution in [3.8, 4) is 0 Å². The van der Waals surface area contributed by atoms with E-state index in [1.54, 1.807) is 0 Å². The number of hydrogen-bond donors (Lipinski definition) is 2. The Morgan fingerprint density at radius 1 is 1.27 bits per heavy atom. The van der Waals surface area contributed by atoms with Gasteiger partial charge in [0.1, 0.15) is 17.2 Å². The Balaban J connectivity index is 1.80. The summed E-state index contributed by atoms with van der Waals surface area (Å²) >= 11 is 1.24. The number of nitrogens with zero attached hydrogens (tertiary/aromatic N) is 4. The van der Waals surface area contributed by atoms with Gasteiger partial charge in [-0.3, -0.25) is 19.1 Å². The topological polar surface area (TPSA) is 129 Å². The van der Waals surface area contributed by atoms with Gasteiger partial charge in [-0.15, -0.1) is 10.2 Å². The van der Waals surface area contributed by atoms with Gasteiger partial charge in [-0.2, -0.15) is 0 Å². The first-order valence-electron chi connectivity index (χ1n) is 8.56. The minimum absolute atomic E-state index is 0.00363. The van der Waals surface area contributed by atoms with Crippen molar-refractivity contribution in [2.45, 2.75) is 50.2 Å². The Labute approximate surface area is 154 Å². The Morgan fingerprint density at radius 2 is 1.96 bits per heavy atom. The standard InChI is InChI=1S/C16H22N6O3S/c1-9-19-20-16(22(9)10-6-4-3-5-7-10)26-8-11(23)12-13(17)21(2)15(25)18-14(12)24/h10H,3-8,17H2,1-2H3,(H,18,24,25). The first-order chi connectivity index (χ1) is 12.4. The lowest BCUT2D eigenvalue weighted by Crippen LogP contribution is -2.35. The van der Waals surface area contributed by atoms with Crippen LogP contribution in [0, 0.1) is 6.92 Å². The minimum atomic E-state index is -0.763. The molecule has 0 radical (unpaired) electrons. The molecule has 1 saturated carbocycles. The number of nitrogen functional groups attached to an aromatic ring is 1. The average Bonchev–Trinajstić information content (AvgIpc) is 2.99. The number of thioether (sulfide) groups is 1. The first-order valence-corrected chi connectivity index (χ1v) is 9.55. The molecule has 1 aliphatic rings. The summed E-state index contributed by atoms with van der Waals surface area (Å²) in [5.41, 5.74) is 4.18. The van der Waals surface area contributed by atoms with E-state index in [2.05, 4.69) is 19.7 Å². The summed E-state index contributed by atoms with van der Waals surface area (Å²) in [4.78, 5) is 38.1. The Hall–Kier alpha value is -2.36. The normalized spacial score (nSPS) is 15.3. The maximum Gasteiger partial charge on any atom is 0.329 e. The first kappa shape index (κ1) is 18.4. The van der Waals surface area contributed by atoms with Crippen molar-refractivity contribution in [1.29, 1.82) is 0 Å². The average molecular weight is 378 g/mol. The summed E-state index contributed by atoms with van der Waals surface area (Å²) in [5, 5.41) is 9.00.